The first-order valence-electron chi connectivity index (χ1n) is 7.25. The Labute approximate surface area is 152 Å². The van der Waals surface area contributed by atoms with Crippen LogP contribution in [0.2, 0.25) is 0 Å². The predicted octanol–water partition coefficient (Wildman–Crippen LogP) is 2.49. The molecular formula is C16H16BrN3O5. The van der Waals surface area contributed by atoms with Crippen molar-refractivity contribution in [2.45, 2.75) is 13.5 Å². The summed E-state index contributed by atoms with van der Waals surface area (Å²) in [7, 11) is 2.45. The molecule has 1 aromatic heterocycles. The summed E-state index contributed by atoms with van der Waals surface area (Å²) in [5, 5.41) is 6.73. The zero-order valence-corrected chi connectivity index (χ0v) is 15.4. The van der Waals surface area contributed by atoms with Crippen molar-refractivity contribution >= 4 is 39.5 Å². The van der Waals surface area contributed by atoms with E-state index in [9.17, 15) is 14.4 Å². The van der Waals surface area contributed by atoms with Crippen LogP contribution in [-0.4, -0.2) is 41.8 Å². The number of carbonyl (C=O) groups is 3. The second-order valence-electron chi connectivity index (χ2n) is 4.89. The first-order valence-corrected chi connectivity index (χ1v) is 8.04. The van der Waals surface area contributed by atoms with Crippen LogP contribution in [0.25, 0.3) is 0 Å². The molecular weight excluding hydrogens is 394 g/mol. The van der Waals surface area contributed by atoms with E-state index in [2.05, 4.69) is 35.8 Å². The van der Waals surface area contributed by atoms with Crippen LogP contribution in [0.15, 0.2) is 28.9 Å². The van der Waals surface area contributed by atoms with Gasteiger partial charge in [0, 0.05) is 12.2 Å². The minimum absolute atomic E-state index is 0.115. The number of methoxy groups -OCH3 is 2. The Kier molecular flexibility index (Phi) is 5.92. The number of aromatic nitrogens is 2. The van der Waals surface area contributed by atoms with Gasteiger partial charge in [-0.05, 0) is 41.1 Å². The lowest BCUT2D eigenvalue weighted by molar-refractivity contribution is 0.0599. The van der Waals surface area contributed by atoms with Gasteiger partial charge in [0.2, 0.25) is 0 Å². The average molecular weight is 410 g/mol. The molecule has 0 bridgehead atoms. The van der Waals surface area contributed by atoms with Crippen molar-refractivity contribution in [3.63, 3.8) is 0 Å². The number of nitrogens with one attached hydrogen (secondary N) is 1. The highest BCUT2D eigenvalue weighted by molar-refractivity contribution is 9.10. The van der Waals surface area contributed by atoms with E-state index in [4.69, 9.17) is 0 Å². The number of carbonyl (C=O) groups excluding carboxylic acids is 3. The van der Waals surface area contributed by atoms with Gasteiger partial charge in [-0.3, -0.25) is 9.48 Å². The monoisotopic (exact) mass is 409 g/mol. The summed E-state index contributed by atoms with van der Waals surface area (Å²) in [6.45, 7) is 2.35. The van der Waals surface area contributed by atoms with Gasteiger partial charge >= 0.3 is 11.9 Å². The molecule has 1 amide bonds. The smallest absolute Gasteiger partial charge is 0.337 e. The van der Waals surface area contributed by atoms with E-state index in [1.807, 2.05) is 6.92 Å². The Bertz CT molecular complexity index is 797. The first-order chi connectivity index (χ1) is 11.9. The fraction of sp³-hybridized carbons (Fsp3) is 0.250. The second-order valence-corrected chi connectivity index (χ2v) is 5.75. The summed E-state index contributed by atoms with van der Waals surface area (Å²) >= 11 is 3.28. The maximum absolute atomic E-state index is 12.5. The van der Waals surface area contributed by atoms with E-state index in [1.54, 1.807) is 0 Å². The molecule has 0 saturated carbocycles. The van der Waals surface area contributed by atoms with Crippen LogP contribution in [-0.2, 0) is 16.0 Å². The van der Waals surface area contributed by atoms with Crippen LogP contribution >= 0.6 is 15.9 Å². The largest absolute Gasteiger partial charge is 0.465 e. The number of amides is 1. The van der Waals surface area contributed by atoms with Crippen LogP contribution in [0.1, 0.15) is 38.1 Å². The maximum atomic E-state index is 12.5. The number of aryl methyl sites for hydroxylation is 1. The van der Waals surface area contributed by atoms with E-state index < -0.39 is 17.8 Å². The quantitative estimate of drug-likeness (QED) is 0.761. The molecule has 0 radical (unpaired) electrons. The van der Waals surface area contributed by atoms with Gasteiger partial charge in [0.05, 0.1) is 36.0 Å². The van der Waals surface area contributed by atoms with Gasteiger partial charge in [-0.25, -0.2) is 9.59 Å². The molecule has 0 saturated heterocycles. The van der Waals surface area contributed by atoms with E-state index in [0.29, 0.717) is 16.7 Å². The molecule has 0 aliphatic heterocycles. The van der Waals surface area contributed by atoms with Crippen molar-refractivity contribution in [1.82, 2.24) is 9.78 Å². The van der Waals surface area contributed by atoms with Crippen molar-refractivity contribution in [3.05, 3.63) is 45.7 Å². The molecule has 0 atom stereocenters. The number of hydrogen-bond acceptors (Lipinski definition) is 6. The summed E-state index contributed by atoms with van der Waals surface area (Å²) in [5.74, 6) is -1.72. The number of anilines is 1. The summed E-state index contributed by atoms with van der Waals surface area (Å²) in [6.07, 6.45) is 1.52. The van der Waals surface area contributed by atoms with Crippen molar-refractivity contribution in [2.24, 2.45) is 0 Å². The summed E-state index contributed by atoms with van der Waals surface area (Å²) in [5.41, 5.74) is 0.808. The van der Waals surface area contributed by atoms with Crippen molar-refractivity contribution in [3.8, 4) is 0 Å². The van der Waals surface area contributed by atoms with Crippen LogP contribution in [0.3, 0.4) is 0 Å². The minimum Gasteiger partial charge on any atom is -0.465 e. The van der Waals surface area contributed by atoms with Crippen molar-refractivity contribution in [1.29, 1.82) is 0 Å². The molecule has 0 spiro atoms. The third-order valence-corrected chi connectivity index (χ3v) is 3.92. The Morgan fingerprint density at radius 2 is 1.68 bits per heavy atom. The molecule has 1 aromatic carbocycles. The zero-order chi connectivity index (χ0) is 18.6. The molecule has 0 fully saturated rings. The van der Waals surface area contributed by atoms with Crippen molar-refractivity contribution < 1.29 is 23.9 Å². The van der Waals surface area contributed by atoms with Gasteiger partial charge < -0.3 is 14.8 Å². The highest BCUT2D eigenvalue weighted by Gasteiger charge is 2.19. The molecule has 1 heterocycles. The standard InChI is InChI=1S/C16H16BrN3O5/c1-4-20-13(12(17)8-18-20)14(21)19-11-6-9(15(22)24-2)5-10(7-11)16(23)25-3/h5-8H,4H2,1-3H3,(H,19,21). The number of hydrogen-bond donors (Lipinski definition) is 1. The highest BCUT2D eigenvalue weighted by Crippen LogP contribution is 2.21. The van der Waals surface area contributed by atoms with Crippen LogP contribution < -0.4 is 5.32 Å². The first kappa shape index (κ1) is 18.7. The molecule has 25 heavy (non-hydrogen) atoms. The van der Waals surface area contributed by atoms with Gasteiger partial charge in [-0.2, -0.15) is 5.10 Å². The maximum Gasteiger partial charge on any atom is 0.337 e. The van der Waals surface area contributed by atoms with E-state index in [-0.39, 0.29) is 16.8 Å². The van der Waals surface area contributed by atoms with Gasteiger partial charge in [-0.15, -0.1) is 0 Å². The summed E-state index contributed by atoms with van der Waals surface area (Å²) in [4.78, 5) is 36.1. The van der Waals surface area contributed by atoms with Crippen LogP contribution in [0.4, 0.5) is 5.69 Å². The molecule has 132 valence electrons. The lowest BCUT2D eigenvalue weighted by Crippen LogP contribution is -2.19. The lowest BCUT2D eigenvalue weighted by Gasteiger charge is -2.10. The zero-order valence-electron chi connectivity index (χ0n) is 13.8. The predicted molar refractivity (Wildman–Crippen MR) is 92.7 cm³/mol. The fourth-order valence-corrected chi connectivity index (χ4v) is 2.67. The Morgan fingerprint density at radius 3 is 2.16 bits per heavy atom. The van der Waals surface area contributed by atoms with E-state index in [1.165, 1.54) is 43.3 Å². The molecule has 0 unspecified atom stereocenters. The third-order valence-electron chi connectivity index (χ3n) is 3.34. The number of benzene rings is 1. The molecule has 0 aliphatic carbocycles. The van der Waals surface area contributed by atoms with E-state index in [0.717, 1.165) is 0 Å². The molecule has 2 rings (SSSR count). The van der Waals surface area contributed by atoms with Crippen LogP contribution in [0, 0.1) is 0 Å². The third kappa shape index (κ3) is 4.05. The summed E-state index contributed by atoms with van der Waals surface area (Å²) in [6, 6.07) is 4.16. The fourth-order valence-electron chi connectivity index (χ4n) is 2.19. The Balaban J connectivity index is 2.40. The van der Waals surface area contributed by atoms with Crippen molar-refractivity contribution in [2.75, 3.05) is 19.5 Å². The lowest BCUT2D eigenvalue weighted by atomic mass is 10.1. The highest BCUT2D eigenvalue weighted by atomic mass is 79.9. The normalized spacial score (nSPS) is 10.2. The minimum atomic E-state index is -0.638. The number of rotatable bonds is 5. The SMILES string of the molecule is CCn1ncc(Br)c1C(=O)Nc1cc(C(=O)OC)cc(C(=O)OC)c1. The average Bonchev–Trinajstić information content (AvgIpc) is 3.00. The van der Waals surface area contributed by atoms with Gasteiger partial charge in [-0.1, -0.05) is 0 Å². The van der Waals surface area contributed by atoms with Crippen LogP contribution in [0.5, 0.6) is 0 Å². The van der Waals surface area contributed by atoms with Gasteiger partial charge in [0.25, 0.3) is 5.91 Å². The molecule has 2 aromatic rings. The molecule has 9 heteroatoms. The number of esters is 2. The number of ether oxygens (including phenoxy) is 2. The second kappa shape index (κ2) is 7.93. The topological polar surface area (TPSA) is 99.5 Å². The summed E-state index contributed by atoms with van der Waals surface area (Å²) < 4.78 is 11.4. The molecule has 1 N–H and O–H groups in total. The number of halogens is 1. The van der Waals surface area contributed by atoms with Gasteiger partial charge in [0.1, 0.15) is 5.69 Å². The van der Waals surface area contributed by atoms with Gasteiger partial charge in [0.15, 0.2) is 0 Å². The Morgan fingerprint density at radius 1 is 1.12 bits per heavy atom. The molecule has 0 aliphatic rings. The number of nitrogens with zero attached hydrogens (tertiary/aromatic N) is 2. The van der Waals surface area contributed by atoms with E-state index >= 15 is 0 Å². The Hall–Kier alpha value is -2.68. The molecule has 8 nitrogen and oxygen atoms in total.